The summed E-state index contributed by atoms with van der Waals surface area (Å²) in [6, 6.07) is 16.4. The molecule has 2 atom stereocenters. The number of rotatable bonds is 7. The lowest BCUT2D eigenvalue weighted by atomic mass is 10.0. The van der Waals surface area contributed by atoms with Crippen LogP contribution in [0.4, 0.5) is 0 Å². The van der Waals surface area contributed by atoms with Crippen LogP contribution in [0.2, 0.25) is 0 Å². The highest BCUT2D eigenvalue weighted by Gasteiger charge is 2.41. The number of carboxylic acids is 1. The average Bonchev–Trinajstić information content (AvgIpc) is 3.37. The predicted molar refractivity (Wildman–Crippen MR) is 117 cm³/mol. The van der Waals surface area contributed by atoms with Gasteiger partial charge in [0.25, 0.3) is 0 Å². The van der Waals surface area contributed by atoms with Crippen molar-refractivity contribution in [2.24, 2.45) is 0 Å². The summed E-state index contributed by atoms with van der Waals surface area (Å²) in [7, 11) is 1.66. The fraction of sp³-hybridized carbons (Fsp3) is 0.227. The van der Waals surface area contributed by atoms with Gasteiger partial charge in [0.1, 0.15) is 0 Å². The highest BCUT2D eigenvalue weighted by molar-refractivity contribution is 7.80. The molecule has 0 unspecified atom stereocenters. The minimum absolute atomic E-state index is 0.133. The second kappa shape index (κ2) is 8.64. The van der Waals surface area contributed by atoms with Gasteiger partial charge in [0.2, 0.25) is 0 Å². The van der Waals surface area contributed by atoms with Crippen LogP contribution in [0.5, 0.6) is 0 Å². The molecule has 0 radical (unpaired) electrons. The first-order valence-electron chi connectivity index (χ1n) is 9.58. The molecule has 0 spiro atoms. The number of hydrogen-bond donors (Lipinski definition) is 2. The third-order valence-electron chi connectivity index (χ3n) is 5.19. The van der Waals surface area contributed by atoms with Crippen LogP contribution in [-0.2, 0) is 4.74 Å². The summed E-state index contributed by atoms with van der Waals surface area (Å²) in [5, 5.41) is 13.4. The van der Waals surface area contributed by atoms with E-state index in [4.69, 9.17) is 17.0 Å². The summed E-state index contributed by atoms with van der Waals surface area (Å²) in [6.07, 6.45) is 3.70. The van der Waals surface area contributed by atoms with E-state index in [1.165, 1.54) is 0 Å². The van der Waals surface area contributed by atoms with Crippen LogP contribution in [0.25, 0.3) is 5.69 Å². The fourth-order valence-electron chi connectivity index (χ4n) is 3.82. The lowest BCUT2D eigenvalue weighted by Crippen LogP contribution is -2.33. The van der Waals surface area contributed by atoms with Gasteiger partial charge in [-0.3, -0.25) is 4.98 Å². The Balaban J connectivity index is 1.79. The summed E-state index contributed by atoms with van der Waals surface area (Å²) in [5.41, 5.74) is 2.89. The van der Waals surface area contributed by atoms with E-state index in [2.05, 4.69) is 15.2 Å². The maximum absolute atomic E-state index is 11.4. The normalized spacial score (nSPS) is 18.4. The molecule has 3 aromatic rings. The average molecular weight is 423 g/mol. The highest BCUT2D eigenvalue weighted by Crippen LogP contribution is 2.39. The quantitative estimate of drug-likeness (QED) is 0.566. The number of methoxy groups -OCH3 is 1. The molecule has 0 saturated carbocycles. The van der Waals surface area contributed by atoms with Crippen LogP contribution >= 0.6 is 12.2 Å². The number of aromatic nitrogens is 2. The second-order valence-electron chi connectivity index (χ2n) is 6.97. The number of thiocarbonyl (C=S) groups is 1. The number of aromatic carboxylic acids is 1. The Morgan fingerprint density at radius 2 is 2.10 bits per heavy atom. The van der Waals surface area contributed by atoms with E-state index in [1.54, 1.807) is 31.5 Å². The lowest BCUT2D eigenvalue weighted by Gasteiger charge is -2.28. The Labute approximate surface area is 179 Å². The zero-order chi connectivity index (χ0) is 21.1. The maximum Gasteiger partial charge on any atom is 0.335 e. The summed E-state index contributed by atoms with van der Waals surface area (Å²) >= 11 is 5.64. The predicted octanol–water partition coefficient (Wildman–Crippen LogP) is 3.19. The fourth-order valence-corrected chi connectivity index (χ4v) is 4.15. The van der Waals surface area contributed by atoms with Crippen LogP contribution in [0.15, 0.2) is 67.0 Å². The Morgan fingerprint density at radius 1 is 1.23 bits per heavy atom. The maximum atomic E-state index is 11.4. The van der Waals surface area contributed by atoms with Crippen molar-refractivity contribution < 1.29 is 14.6 Å². The molecule has 154 valence electrons. The number of benzene rings is 1. The van der Waals surface area contributed by atoms with Gasteiger partial charge >= 0.3 is 5.97 Å². The molecular weight excluding hydrogens is 400 g/mol. The molecular formula is C22H22N4O3S. The minimum atomic E-state index is -0.956. The van der Waals surface area contributed by atoms with Crippen molar-refractivity contribution in [1.29, 1.82) is 0 Å². The minimum Gasteiger partial charge on any atom is -0.478 e. The van der Waals surface area contributed by atoms with Gasteiger partial charge in [0.05, 0.1) is 29.9 Å². The number of ether oxygens (including phenoxy) is 1. The van der Waals surface area contributed by atoms with Gasteiger partial charge in [-0.1, -0.05) is 12.1 Å². The molecule has 1 aliphatic heterocycles. The number of pyridine rings is 1. The SMILES string of the molecule is COCCN1C(=S)N[C@H](c2ccccn2)[C@@H]1c1cccn1-c1cccc(C(=O)O)c1. The lowest BCUT2D eigenvalue weighted by molar-refractivity contribution is 0.0697. The van der Waals surface area contributed by atoms with Crippen molar-refractivity contribution in [2.75, 3.05) is 20.3 Å². The molecule has 0 bridgehead atoms. The first kappa shape index (κ1) is 20.1. The molecule has 0 aliphatic carbocycles. The molecule has 7 nitrogen and oxygen atoms in total. The van der Waals surface area contributed by atoms with E-state index in [0.29, 0.717) is 18.3 Å². The van der Waals surface area contributed by atoms with Crippen LogP contribution in [0.3, 0.4) is 0 Å². The molecule has 2 N–H and O–H groups in total. The van der Waals surface area contributed by atoms with Gasteiger partial charge < -0.3 is 24.6 Å². The zero-order valence-electron chi connectivity index (χ0n) is 16.4. The molecule has 3 heterocycles. The zero-order valence-corrected chi connectivity index (χ0v) is 17.2. The number of carbonyl (C=O) groups is 1. The van der Waals surface area contributed by atoms with Crippen molar-refractivity contribution in [3.63, 3.8) is 0 Å². The molecule has 30 heavy (non-hydrogen) atoms. The van der Waals surface area contributed by atoms with Crippen molar-refractivity contribution in [3.05, 3.63) is 83.9 Å². The van der Waals surface area contributed by atoms with E-state index in [1.807, 2.05) is 47.2 Å². The van der Waals surface area contributed by atoms with Gasteiger partial charge in [0.15, 0.2) is 5.11 Å². The van der Waals surface area contributed by atoms with Crippen molar-refractivity contribution >= 4 is 23.3 Å². The van der Waals surface area contributed by atoms with Gasteiger partial charge in [-0.2, -0.15) is 0 Å². The Bertz CT molecular complexity index is 1050. The van der Waals surface area contributed by atoms with Crippen LogP contribution in [0, 0.1) is 0 Å². The Kier molecular flexibility index (Phi) is 5.78. The summed E-state index contributed by atoms with van der Waals surface area (Å²) < 4.78 is 7.30. The van der Waals surface area contributed by atoms with Crippen molar-refractivity contribution in [3.8, 4) is 5.69 Å². The van der Waals surface area contributed by atoms with E-state index in [-0.39, 0.29) is 17.6 Å². The Morgan fingerprint density at radius 3 is 2.83 bits per heavy atom. The standard InChI is InChI=1S/C22H22N4O3S/c1-29-13-12-26-20(19(24-22(26)30)17-8-2-3-10-23-17)18-9-5-11-25(18)16-7-4-6-15(14-16)21(27)28/h2-11,14,19-20H,12-13H2,1H3,(H,24,30)(H,27,28)/t19-,20+/m1/s1. The molecule has 1 saturated heterocycles. The van der Waals surface area contributed by atoms with E-state index in [0.717, 1.165) is 17.1 Å². The smallest absolute Gasteiger partial charge is 0.335 e. The topological polar surface area (TPSA) is 79.6 Å². The van der Waals surface area contributed by atoms with Gasteiger partial charge in [-0.25, -0.2) is 4.79 Å². The largest absolute Gasteiger partial charge is 0.478 e. The molecule has 4 rings (SSSR count). The number of hydrogen-bond acceptors (Lipinski definition) is 4. The molecule has 1 aliphatic rings. The van der Waals surface area contributed by atoms with E-state index >= 15 is 0 Å². The second-order valence-corrected chi connectivity index (χ2v) is 7.36. The highest BCUT2D eigenvalue weighted by atomic mass is 32.1. The Hall–Kier alpha value is -3.23. The number of nitrogens with one attached hydrogen (secondary N) is 1. The summed E-state index contributed by atoms with van der Waals surface area (Å²) in [5.74, 6) is -0.956. The molecule has 2 aromatic heterocycles. The third-order valence-corrected chi connectivity index (χ3v) is 5.54. The molecule has 0 amide bonds. The number of carboxylic acid groups (broad SMARTS) is 1. The third kappa shape index (κ3) is 3.79. The van der Waals surface area contributed by atoms with E-state index < -0.39 is 5.97 Å². The summed E-state index contributed by atoms with van der Waals surface area (Å²) in [4.78, 5) is 18.1. The molecule has 1 fully saturated rings. The monoisotopic (exact) mass is 422 g/mol. The summed E-state index contributed by atoms with van der Waals surface area (Å²) in [6.45, 7) is 1.15. The van der Waals surface area contributed by atoms with Gasteiger partial charge in [0, 0.05) is 37.4 Å². The first-order chi connectivity index (χ1) is 14.6. The van der Waals surface area contributed by atoms with Gasteiger partial charge in [-0.15, -0.1) is 0 Å². The van der Waals surface area contributed by atoms with Crippen LogP contribution in [0.1, 0.15) is 33.8 Å². The van der Waals surface area contributed by atoms with Crippen LogP contribution < -0.4 is 5.32 Å². The van der Waals surface area contributed by atoms with Gasteiger partial charge in [-0.05, 0) is 54.7 Å². The van der Waals surface area contributed by atoms with Crippen molar-refractivity contribution in [2.45, 2.75) is 12.1 Å². The van der Waals surface area contributed by atoms with E-state index in [9.17, 15) is 9.90 Å². The van der Waals surface area contributed by atoms with Crippen molar-refractivity contribution in [1.82, 2.24) is 19.8 Å². The molecule has 8 heteroatoms. The molecule has 1 aromatic carbocycles. The first-order valence-corrected chi connectivity index (χ1v) is 9.99. The van der Waals surface area contributed by atoms with Crippen LogP contribution in [-0.4, -0.2) is 50.9 Å². The number of nitrogens with zero attached hydrogens (tertiary/aromatic N) is 3.